The van der Waals surface area contributed by atoms with Gasteiger partial charge in [0.1, 0.15) is 11.2 Å². The quantitative estimate of drug-likeness (QED) is 0.227. The molecule has 1 aromatic heterocycles. The van der Waals surface area contributed by atoms with Crippen LogP contribution in [0.3, 0.4) is 0 Å². The second kappa shape index (κ2) is 14.3. The van der Waals surface area contributed by atoms with Crippen LogP contribution < -0.4 is 0 Å². The number of benzene rings is 1. The van der Waals surface area contributed by atoms with E-state index in [0.29, 0.717) is 44.3 Å². The third-order valence-corrected chi connectivity index (χ3v) is 7.92. The first-order valence-electron chi connectivity index (χ1n) is 14.9. The number of ether oxygens (including phenoxy) is 4. The Bertz CT molecular complexity index is 1180. The molecule has 2 fully saturated rings. The fourth-order valence-corrected chi connectivity index (χ4v) is 6.06. The van der Waals surface area contributed by atoms with E-state index >= 15 is 0 Å². The number of likely N-dealkylation sites (tertiary alicyclic amines) is 1. The highest BCUT2D eigenvalue weighted by Gasteiger charge is 2.46. The molecule has 1 saturated heterocycles. The molecule has 2 heterocycles. The lowest BCUT2D eigenvalue weighted by Gasteiger charge is -2.34. The first-order chi connectivity index (χ1) is 19.7. The van der Waals surface area contributed by atoms with Crippen LogP contribution in [0.1, 0.15) is 81.8 Å². The highest BCUT2D eigenvalue weighted by Crippen LogP contribution is 2.40. The van der Waals surface area contributed by atoms with Crippen LogP contribution in [0.5, 0.6) is 0 Å². The summed E-state index contributed by atoms with van der Waals surface area (Å²) in [6.07, 6.45) is 6.99. The Balaban J connectivity index is 1.41. The first kappa shape index (κ1) is 31.0. The molecular formula is C32H45NO8. The Kier molecular flexibility index (Phi) is 10.8. The van der Waals surface area contributed by atoms with Crippen LogP contribution in [-0.2, 0) is 30.2 Å². The number of carbonyl (C=O) groups excluding carboxylic acids is 3. The van der Waals surface area contributed by atoms with Gasteiger partial charge in [-0.25, -0.2) is 9.59 Å². The third kappa shape index (κ3) is 8.55. The minimum atomic E-state index is -0.628. The maximum Gasteiger partial charge on any atom is 0.410 e. The number of hydrogen-bond acceptors (Lipinski definition) is 8. The normalized spacial score (nSPS) is 20.0. The molecule has 1 aliphatic carbocycles. The maximum absolute atomic E-state index is 13.9. The van der Waals surface area contributed by atoms with E-state index in [-0.39, 0.29) is 30.5 Å². The highest BCUT2D eigenvalue weighted by atomic mass is 16.6. The molecule has 1 amide bonds. The first-order valence-corrected chi connectivity index (χ1v) is 14.9. The van der Waals surface area contributed by atoms with Gasteiger partial charge in [-0.15, -0.1) is 0 Å². The van der Waals surface area contributed by atoms with Gasteiger partial charge in [-0.3, -0.25) is 9.69 Å². The predicted molar refractivity (Wildman–Crippen MR) is 154 cm³/mol. The van der Waals surface area contributed by atoms with E-state index in [0.717, 1.165) is 30.2 Å². The Morgan fingerprint density at radius 3 is 2.49 bits per heavy atom. The standard InChI is InChI=1S/C32H45NO8/c1-32(2,3)41-31(36)33-14-13-25(23-9-6-5-7-10-23)29(33)26(34)20-22-11-12-27-24(19-22)21-28(40-27)30(35)39-16-8-15-38-18-17-37-4/h11-12,19,21,23,25,29H,5-10,13-18,20H2,1-4H3/t25-,29-/m0/s1. The predicted octanol–water partition coefficient (Wildman–Crippen LogP) is 5.96. The van der Waals surface area contributed by atoms with Gasteiger partial charge in [0.2, 0.25) is 5.76 Å². The minimum absolute atomic E-state index is 0.0270. The molecule has 1 aliphatic heterocycles. The van der Waals surface area contributed by atoms with Crippen LogP contribution >= 0.6 is 0 Å². The van der Waals surface area contributed by atoms with Crippen molar-refractivity contribution in [2.45, 2.75) is 83.8 Å². The Hall–Kier alpha value is -2.91. The molecule has 0 spiro atoms. The number of nitrogens with zero attached hydrogens (tertiary/aromatic N) is 1. The number of hydrogen-bond donors (Lipinski definition) is 0. The highest BCUT2D eigenvalue weighted by molar-refractivity contribution is 5.94. The van der Waals surface area contributed by atoms with E-state index in [1.165, 1.54) is 19.3 Å². The molecule has 2 aromatic rings. The fraction of sp³-hybridized carbons (Fsp3) is 0.656. The lowest BCUT2D eigenvalue weighted by Crippen LogP contribution is -2.47. The number of methoxy groups -OCH3 is 1. The van der Waals surface area contributed by atoms with Gasteiger partial charge in [-0.2, -0.15) is 0 Å². The van der Waals surface area contributed by atoms with Crippen LogP contribution in [0.15, 0.2) is 28.7 Å². The summed E-state index contributed by atoms with van der Waals surface area (Å²) in [7, 11) is 1.61. The summed E-state index contributed by atoms with van der Waals surface area (Å²) < 4.78 is 27.0. The summed E-state index contributed by atoms with van der Waals surface area (Å²) in [5, 5.41) is 0.726. The lowest BCUT2D eigenvalue weighted by atomic mass is 9.75. The van der Waals surface area contributed by atoms with E-state index in [1.807, 2.05) is 32.9 Å². The lowest BCUT2D eigenvalue weighted by molar-refractivity contribution is -0.124. The molecular weight excluding hydrogens is 526 g/mol. The van der Waals surface area contributed by atoms with Gasteiger partial charge in [0, 0.05) is 38.5 Å². The Morgan fingerprint density at radius 1 is 0.976 bits per heavy atom. The zero-order valence-electron chi connectivity index (χ0n) is 24.9. The molecule has 1 saturated carbocycles. The SMILES string of the molecule is COCCOCCCOC(=O)c1cc2cc(CC(=O)[C@@H]3[C@H](C4CCCCC4)CCN3C(=O)OC(C)(C)C)ccc2o1. The van der Waals surface area contributed by atoms with Gasteiger partial charge < -0.3 is 23.4 Å². The number of carbonyl (C=O) groups is 3. The van der Waals surface area contributed by atoms with Gasteiger partial charge in [-0.1, -0.05) is 38.2 Å². The van der Waals surface area contributed by atoms with Crippen LogP contribution in [0.2, 0.25) is 0 Å². The average Bonchev–Trinajstić information content (AvgIpc) is 3.57. The Labute approximate surface area is 242 Å². The van der Waals surface area contributed by atoms with Gasteiger partial charge in [-0.05, 0) is 62.8 Å². The number of rotatable bonds is 12. The molecule has 0 N–H and O–H groups in total. The summed E-state index contributed by atoms with van der Waals surface area (Å²) in [6, 6.07) is 6.65. The van der Waals surface area contributed by atoms with E-state index < -0.39 is 23.7 Å². The topological polar surface area (TPSA) is 105 Å². The third-order valence-electron chi connectivity index (χ3n) is 7.92. The summed E-state index contributed by atoms with van der Waals surface area (Å²) in [5.74, 6) is 0.212. The summed E-state index contributed by atoms with van der Waals surface area (Å²) >= 11 is 0. The summed E-state index contributed by atoms with van der Waals surface area (Å²) in [4.78, 5) is 41.2. The van der Waals surface area contributed by atoms with Crippen molar-refractivity contribution in [3.8, 4) is 0 Å². The number of fused-ring (bicyclic) bond motifs is 1. The molecule has 2 aliphatic rings. The number of ketones is 1. The molecule has 1 aromatic carbocycles. The molecule has 41 heavy (non-hydrogen) atoms. The van der Waals surface area contributed by atoms with E-state index in [2.05, 4.69) is 0 Å². The van der Waals surface area contributed by atoms with Gasteiger partial charge in [0.05, 0.1) is 25.9 Å². The van der Waals surface area contributed by atoms with Gasteiger partial charge in [0.15, 0.2) is 5.78 Å². The van der Waals surface area contributed by atoms with E-state index in [9.17, 15) is 14.4 Å². The minimum Gasteiger partial charge on any atom is -0.460 e. The summed E-state index contributed by atoms with van der Waals surface area (Å²) in [5.41, 5.74) is 0.735. The number of esters is 1. The number of furan rings is 1. The molecule has 226 valence electrons. The molecule has 0 radical (unpaired) electrons. The summed E-state index contributed by atoms with van der Waals surface area (Å²) in [6.45, 7) is 7.80. The number of Topliss-reactive ketones (excluding diaryl/α,β-unsaturated/α-hetero) is 1. The molecule has 2 atom stereocenters. The van der Waals surface area contributed by atoms with E-state index in [1.54, 1.807) is 24.1 Å². The van der Waals surface area contributed by atoms with Crippen molar-refractivity contribution in [3.05, 3.63) is 35.6 Å². The van der Waals surface area contributed by atoms with Crippen LogP contribution in [0, 0.1) is 11.8 Å². The zero-order valence-corrected chi connectivity index (χ0v) is 24.9. The van der Waals surface area contributed by atoms with E-state index in [4.69, 9.17) is 23.4 Å². The monoisotopic (exact) mass is 571 g/mol. The zero-order chi connectivity index (χ0) is 29.4. The average molecular weight is 572 g/mol. The fourth-order valence-electron chi connectivity index (χ4n) is 6.06. The van der Waals surface area contributed by atoms with Crippen molar-refractivity contribution < 1.29 is 37.7 Å². The second-order valence-electron chi connectivity index (χ2n) is 12.2. The molecule has 0 bridgehead atoms. The molecule has 0 unspecified atom stereocenters. The second-order valence-corrected chi connectivity index (χ2v) is 12.2. The molecule has 9 nitrogen and oxygen atoms in total. The number of amides is 1. The van der Waals surface area contributed by atoms with Gasteiger partial charge in [0.25, 0.3) is 0 Å². The van der Waals surface area contributed by atoms with Crippen molar-refractivity contribution in [2.75, 3.05) is 40.1 Å². The Morgan fingerprint density at radius 2 is 1.76 bits per heavy atom. The van der Waals surface area contributed by atoms with Crippen molar-refractivity contribution in [3.63, 3.8) is 0 Å². The van der Waals surface area contributed by atoms with Crippen LogP contribution in [0.25, 0.3) is 11.0 Å². The molecule has 9 heteroatoms. The maximum atomic E-state index is 13.9. The van der Waals surface area contributed by atoms with Crippen molar-refractivity contribution in [1.29, 1.82) is 0 Å². The van der Waals surface area contributed by atoms with Crippen molar-refractivity contribution >= 4 is 28.8 Å². The van der Waals surface area contributed by atoms with Crippen molar-refractivity contribution in [1.82, 2.24) is 4.90 Å². The van der Waals surface area contributed by atoms with Gasteiger partial charge >= 0.3 is 12.1 Å². The smallest absolute Gasteiger partial charge is 0.410 e. The largest absolute Gasteiger partial charge is 0.460 e. The van der Waals surface area contributed by atoms with Crippen LogP contribution in [0.4, 0.5) is 4.79 Å². The molecule has 4 rings (SSSR count). The van der Waals surface area contributed by atoms with Crippen LogP contribution in [-0.4, -0.2) is 74.5 Å². The van der Waals surface area contributed by atoms with Crippen molar-refractivity contribution in [2.24, 2.45) is 11.8 Å².